The lowest BCUT2D eigenvalue weighted by molar-refractivity contribution is -0.141. The molecule has 2 amide bonds. The van der Waals surface area contributed by atoms with E-state index in [0.717, 1.165) is 25.6 Å². The molecule has 1 N–H and O–H groups in total. The Balaban J connectivity index is 1.46. The first kappa shape index (κ1) is 21.6. The molecule has 3 aliphatic rings. The number of aromatic nitrogens is 2. The third-order valence-corrected chi connectivity index (χ3v) is 6.01. The van der Waals surface area contributed by atoms with E-state index in [1.165, 1.54) is 9.80 Å². The van der Waals surface area contributed by atoms with Crippen LogP contribution in [-0.2, 0) is 15.8 Å². The van der Waals surface area contributed by atoms with Crippen LogP contribution in [0.1, 0.15) is 19.0 Å². The maximum absolute atomic E-state index is 13.4. The Morgan fingerprint density at radius 1 is 1.16 bits per heavy atom. The molecule has 31 heavy (non-hydrogen) atoms. The summed E-state index contributed by atoms with van der Waals surface area (Å²) in [6, 6.07) is 0.966. The van der Waals surface area contributed by atoms with E-state index in [1.54, 1.807) is 9.80 Å². The van der Waals surface area contributed by atoms with Crippen LogP contribution in [0.15, 0.2) is 6.07 Å². The van der Waals surface area contributed by atoms with Crippen molar-refractivity contribution >= 4 is 23.6 Å². The van der Waals surface area contributed by atoms with Crippen molar-refractivity contribution in [2.45, 2.75) is 25.6 Å². The number of carbonyl (C=O) groups excluding carboxylic acids is 2. The standard InChI is InChI=1S/C19H26F3N7O2/c1-13-2-5-29(13)18-24-14(19(20,21)22)10-15(25-18)27-8-9-28(17(31)11-27)12-16(30)26-6-3-23-4-7-26/h10,13,23H,2-9,11-12H2,1H3/t13-/m0/s1. The number of piperazine rings is 2. The summed E-state index contributed by atoms with van der Waals surface area (Å²) in [7, 11) is 0. The number of halogens is 3. The first-order valence-corrected chi connectivity index (χ1v) is 10.5. The molecule has 0 unspecified atom stereocenters. The molecule has 0 saturated carbocycles. The van der Waals surface area contributed by atoms with Crippen molar-refractivity contribution in [3.05, 3.63) is 11.8 Å². The highest BCUT2D eigenvalue weighted by atomic mass is 19.4. The summed E-state index contributed by atoms with van der Waals surface area (Å²) in [6.07, 6.45) is -3.74. The Labute approximate surface area is 178 Å². The van der Waals surface area contributed by atoms with E-state index < -0.39 is 11.9 Å². The second-order valence-corrected chi connectivity index (χ2v) is 8.11. The van der Waals surface area contributed by atoms with Gasteiger partial charge in [-0.2, -0.15) is 18.2 Å². The first-order valence-electron chi connectivity index (χ1n) is 10.5. The average molecular weight is 441 g/mol. The summed E-state index contributed by atoms with van der Waals surface area (Å²) in [5.74, 6) is -0.301. The van der Waals surface area contributed by atoms with Gasteiger partial charge in [0.1, 0.15) is 5.82 Å². The van der Waals surface area contributed by atoms with E-state index in [0.29, 0.717) is 26.2 Å². The van der Waals surface area contributed by atoms with Gasteiger partial charge in [0.2, 0.25) is 17.8 Å². The number of rotatable bonds is 4. The van der Waals surface area contributed by atoms with Crippen molar-refractivity contribution in [3.8, 4) is 0 Å². The highest BCUT2D eigenvalue weighted by Gasteiger charge is 2.37. The van der Waals surface area contributed by atoms with Crippen LogP contribution >= 0.6 is 0 Å². The normalized spacial score (nSPS) is 22.6. The van der Waals surface area contributed by atoms with Crippen LogP contribution in [-0.4, -0.2) is 96.5 Å². The number of anilines is 2. The van der Waals surface area contributed by atoms with E-state index in [2.05, 4.69) is 15.3 Å². The van der Waals surface area contributed by atoms with Crippen LogP contribution < -0.4 is 15.1 Å². The molecule has 3 saturated heterocycles. The molecule has 170 valence electrons. The summed E-state index contributed by atoms with van der Waals surface area (Å²) < 4.78 is 40.2. The predicted molar refractivity (Wildman–Crippen MR) is 107 cm³/mol. The van der Waals surface area contributed by atoms with Gasteiger partial charge < -0.3 is 24.9 Å². The third-order valence-electron chi connectivity index (χ3n) is 6.01. The molecule has 0 spiro atoms. The number of hydrogen-bond acceptors (Lipinski definition) is 7. The Kier molecular flexibility index (Phi) is 5.91. The lowest BCUT2D eigenvalue weighted by atomic mass is 10.1. The van der Waals surface area contributed by atoms with Crippen LogP contribution in [0.4, 0.5) is 24.9 Å². The molecule has 1 aromatic rings. The summed E-state index contributed by atoms with van der Waals surface area (Å²) in [5.41, 5.74) is -1.02. The molecule has 1 atom stereocenters. The Morgan fingerprint density at radius 3 is 2.48 bits per heavy atom. The van der Waals surface area contributed by atoms with Crippen molar-refractivity contribution in [1.82, 2.24) is 25.1 Å². The summed E-state index contributed by atoms with van der Waals surface area (Å²) in [4.78, 5) is 39.6. The predicted octanol–water partition coefficient (Wildman–Crippen LogP) is 0.174. The molecule has 0 aromatic carbocycles. The minimum atomic E-state index is -4.61. The molecular formula is C19H26F3N7O2. The maximum Gasteiger partial charge on any atom is 0.433 e. The highest BCUT2D eigenvalue weighted by molar-refractivity contribution is 5.88. The quantitative estimate of drug-likeness (QED) is 0.713. The van der Waals surface area contributed by atoms with Crippen LogP contribution in [0.2, 0.25) is 0 Å². The summed E-state index contributed by atoms with van der Waals surface area (Å²) >= 11 is 0. The molecule has 12 heteroatoms. The van der Waals surface area contributed by atoms with E-state index in [9.17, 15) is 22.8 Å². The van der Waals surface area contributed by atoms with Gasteiger partial charge in [-0.1, -0.05) is 0 Å². The number of carbonyl (C=O) groups is 2. The minimum absolute atomic E-state index is 0.0131. The zero-order valence-electron chi connectivity index (χ0n) is 17.4. The van der Waals surface area contributed by atoms with Gasteiger partial charge in [0.25, 0.3) is 0 Å². The van der Waals surface area contributed by atoms with Crippen molar-refractivity contribution in [2.24, 2.45) is 0 Å². The van der Waals surface area contributed by atoms with Gasteiger partial charge in [-0.05, 0) is 13.3 Å². The molecular weight excluding hydrogens is 415 g/mol. The van der Waals surface area contributed by atoms with Gasteiger partial charge in [0.15, 0.2) is 5.69 Å². The number of amides is 2. The van der Waals surface area contributed by atoms with Crippen molar-refractivity contribution in [2.75, 3.05) is 68.7 Å². The molecule has 9 nitrogen and oxygen atoms in total. The Morgan fingerprint density at radius 2 is 1.90 bits per heavy atom. The van der Waals surface area contributed by atoms with Crippen LogP contribution in [0, 0.1) is 0 Å². The molecule has 0 aliphatic carbocycles. The Bertz CT molecular complexity index is 844. The fourth-order valence-electron chi connectivity index (χ4n) is 3.92. The van der Waals surface area contributed by atoms with Crippen molar-refractivity contribution in [1.29, 1.82) is 0 Å². The molecule has 0 radical (unpaired) electrons. The molecule has 3 fully saturated rings. The monoisotopic (exact) mass is 441 g/mol. The van der Waals surface area contributed by atoms with Gasteiger partial charge in [0, 0.05) is 57.9 Å². The zero-order chi connectivity index (χ0) is 22.2. The van der Waals surface area contributed by atoms with Gasteiger partial charge in [-0.15, -0.1) is 0 Å². The number of nitrogens with zero attached hydrogens (tertiary/aromatic N) is 6. The molecule has 3 aliphatic heterocycles. The SMILES string of the molecule is C[C@H]1CCN1c1nc(N2CCN(CC(=O)N3CCNCC3)C(=O)C2)cc(C(F)(F)F)n1. The zero-order valence-corrected chi connectivity index (χ0v) is 17.4. The van der Waals surface area contributed by atoms with Gasteiger partial charge >= 0.3 is 6.18 Å². The highest BCUT2D eigenvalue weighted by Crippen LogP contribution is 2.33. The van der Waals surface area contributed by atoms with Crippen molar-refractivity contribution < 1.29 is 22.8 Å². The topological polar surface area (TPSA) is 84.9 Å². The second kappa shape index (κ2) is 8.48. The lowest BCUT2D eigenvalue weighted by Crippen LogP contribution is -2.55. The van der Waals surface area contributed by atoms with Crippen molar-refractivity contribution in [3.63, 3.8) is 0 Å². The van der Waals surface area contributed by atoms with Crippen LogP contribution in [0.5, 0.6) is 0 Å². The largest absolute Gasteiger partial charge is 0.433 e. The van der Waals surface area contributed by atoms with Gasteiger partial charge in [-0.3, -0.25) is 9.59 Å². The van der Waals surface area contributed by atoms with E-state index in [-0.39, 0.29) is 49.3 Å². The van der Waals surface area contributed by atoms with Gasteiger partial charge in [0.05, 0.1) is 13.1 Å². The van der Waals surface area contributed by atoms with Crippen LogP contribution in [0.3, 0.4) is 0 Å². The molecule has 1 aromatic heterocycles. The van der Waals surface area contributed by atoms with E-state index in [4.69, 9.17) is 0 Å². The fraction of sp³-hybridized carbons (Fsp3) is 0.684. The van der Waals surface area contributed by atoms with E-state index in [1.807, 2.05) is 6.92 Å². The number of alkyl halides is 3. The summed E-state index contributed by atoms with van der Waals surface area (Å²) in [5, 5.41) is 3.17. The number of hydrogen-bond donors (Lipinski definition) is 1. The van der Waals surface area contributed by atoms with Crippen LogP contribution in [0.25, 0.3) is 0 Å². The third kappa shape index (κ3) is 4.68. The number of nitrogens with one attached hydrogen (secondary N) is 1. The average Bonchev–Trinajstić information content (AvgIpc) is 2.73. The Hall–Kier alpha value is -2.63. The second-order valence-electron chi connectivity index (χ2n) is 8.11. The van der Waals surface area contributed by atoms with E-state index >= 15 is 0 Å². The molecule has 4 rings (SSSR count). The summed E-state index contributed by atoms with van der Waals surface area (Å²) in [6.45, 7) is 5.56. The smallest absolute Gasteiger partial charge is 0.345 e. The van der Waals surface area contributed by atoms with Gasteiger partial charge in [-0.25, -0.2) is 4.98 Å². The minimum Gasteiger partial charge on any atom is -0.345 e. The fourth-order valence-corrected chi connectivity index (χ4v) is 3.92. The molecule has 0 bridgehead atoms. The molecule has 4 heterocycles. The lowest BCUT2D eigenvalue weighted by Gasteiger charge is -2.40. The first-order chi connectivity index (χ1) is 14.7. The maximum atomic E-state index is 13.4.